The van der Waals surface area contributed by atoms with Crippen molar-refractivity contribution >= 4 is 15.9 Å². The predicted molar refractivity (Wildman–Crippen MR) is 105 cm³/mol. The van der Waals surface area contributed by atoms with E-state index in [0.29, 0.717) is 25.5 Å². The van der Waals surface area contributed by atoms with E-state index in [2.05, 4.69) is 10.2 Å². The summed E-state index contributed by atoms with van der Waals surface area (Å²) in [5.74, 6) is -0.0467. The lowest BCUT2D eigenvalue weighted by Gasteiger charge is -2.48. The molecule has 1 aliphatic heterocycles. The van der Waals surface area contributed by atoms with Crippen LogP contribution in [0.15, 0.2) is 23.1 Å². The van der Waals surface area contributed by atoms with Crippen LogP contribution in [-0.4, -0.2) is 64.7 Å². The van der Waals surface area contributed by atoms with Crippen LogP contribution in [0.1, 0.15) is 42.5 Å². The van der Waals surface area contributed by atoms with Crippen LogP contribution < -0.4 is 15.2 Å². The molecule has 9 heteroatoms. The molecule has 156 valence electrons. The highest BCUT2D eigenvalue weighted by Gasteiger charge is 2.39. The molecule has 1 aromatic rings. The molecule has 1 aromatic carbocycles. The molecule has 2 fully saturated rings. The van der Waals surface area contributed by atoms with E-state index >= 15 is 0 Å². The quantitative estimate of drug-likeness (QED) is 0.725. The van der Waals surface area contributed by atoms with Gasteiger partial charge in [0.2, 0.25) is 10.0 Å². The van der Waals surface area contributed by atoms with Gasteiger partial charge in [-0.25, -0.2) is 13.6 Å². The van der Waals surface area contributed by atoms with Crippen molar-refractivity contribution in [1.82, 2.24) is 10.2 Å². The molecule has 0 spiro atoms. The number of ether oxygens (including phenoxy) is 2. The molecule has 1 aliphatic carbocycles. The number of nitrogens with one attached hydrogen (secondary N) is 1. The second-order valence-corrected chi connectivity index (χ2v) is 9.04. The predicted octanol–water partition coefficient (Wildman–Crippen LogP) is 1.11. The maximum Gasteiger partial charge on any atom is 0.255 e. The Morgan fingerprint density at radius 2 is 1.93 bits per heavy atom. The first-order valence-electron chi connectivity index (χ1n) is 9.68. The summed E-state index contributed by atoms with van der Waals surface area (Å²) in [4.78, 5) is 15.2. The molecular weight excluding hydrogens is 382 g/mol. The van der Waals surface area contributed by atoms with Crippen LogP contribution in [-0.2, 0) is 14.8 Å². The molecule has 3 rings (SSSR count). The fourth-order valence-electron chi connectivity index (χ4n) is 4.23. The summed E-state index contributed by atoms with van der Waals surface area (Å²) in [7, 11) is -2.46. The Kier molecular flexibility index (Phi) is 6.59. The van der Waals surface area contributed by atoms with Gasteiger partial charge in [-0.3, -0.25) is 9.69 Å². The number of nitrogens with two attached hydrogens (primary N) is 1. The largest absolute Gasteiger partial charge is 0.496 e. The molecule has 0 aromatic heterocycles. The molecule has 1 saturated heterocycles. The van der Waals surface area contributed by atoms with Gasteiger partial charge in [-0.05, 0) is 31.0 Å². The van der Waals surface area contributed by atoms with Crippen molar-refractivity contribution in [3.05, 3.63) is 23.8 Å². The van der Waals surface area contributed by atoms with E-state index in [4.69, 9.17) is 14.6 Å². The monoisotopic (exact) mass is 411 g/mol. The van der Waals surface area contributed by atoms with Crippen molar-refractivity contribution in [2.75, 3.05) is 40.0 Å². The molecule has 0 unspecified atom stereocenters. The van der Waals surface area contributed by atoms with Crippen LogP contribution in [0.2, 0.25) is 0 Å². The highest BCUT2D eigenvalue weighted by Crippen LogP contribution is 2.34. The molecule has 0 atom stereocenters. The van der Waals surface area contributed by atoms with Gasteiger partial charge in [0.25, 0.3) is 5.91 Å². The van der Waals surface area contributed by atoms with Crippen molar-refractivity contribution in [2.24, 2.45) is 5.14 Å². The zero-order valence-electron chi connectivity index (χ0n) is 16.3. The molecule has 1 saturated carbocycles. The summed E-state index contributed by atoms with van der Waals surface area (Å²) in [5, 5.41) is 8.23. The smallest absolute Gasteiger partial charge is 0.255 e. The van der Waals surface area contributed by atoms with Gasteiger partial charge in [-0.1, -0.05) is 19.3 Å². The number of sulfonamides is 1. The van der Waals surface area contributed by atoms with Crippen LogP contribution in [0, 0.1) is 0 Å². The molecule has 3 N–H and O–H groups in total. The Morgan fingerprint density at radius 1 is 1.25 bits per heavy atom. The van der Waals surface area contributed by atoms with Crippen LogP contribution in [0.25, 0.3) is 0 Å². The number of carbonyl (C=O) groups is 1. The third-order valence-electron chi connectivity index (χ3n) is 5.79. The molecule has 1 heterocycles. The number of hydrogen-bond acceptors (Lipinski definition) is 6. The lowest BCUT2D eigenvalue weighted by Crippen LogP contribution is -2.59. The SMILES string of the molecule is COc1ccc(S(N)(=O)=O)cc1C(=O)NCC1(N2CCOCC2)CCCCC1. The number of methoxy groups -OCH3 is 1. The summed E-state index contributed by atoms with van der Waals surface area (Å²) in [6.45, 7) is 3.65. The standard InChI is InChI=1S/C19H29N3O5S/c1-26-17-6-5-15(28(20,24)25)13-16(17)18(23)21-14-19(7-3-2-4-8-19)22-9-11-27-12-10-22/h5-6,13H,2-4,7-12,14H2,1H3,(H,21,23)(H2,20,24,25). The van der Waals surface area contributed by atoms with Gasteiger partial charge in [0.05, 0.1) is 30.8 Å². The summed E-state index contributed by atoms with van der Waals surface area (Å²) < 4.78 is 34.0. The second-order valence-electron chi connectivity index (χ2n) is 7.47. The average Bonchev–Trinajstić information content (AvgIpc) is 2.72. The van der Waals surface area contributed by atoms with Crippen molar-refractivity contribution in [2.45, 2.75) is 42.5 Å². The zero-order chi connectivity index (χ0) is 20.2. The van der Waals surface area contributed by atoms with E-state index in [1.165, 1.54) is 31.7 Å². The number of benzene rings is 1. The first-order valence-corrected chi connectivity index (χ1v) is 11.2. The topological polar surface area (TPSA) is 111 Å². The van der Waals surface area contributed by atoms with Gasteiger partial charge in [-0.2, -0.15) is 0 Å². The van der Waals surface area contributed by atoms with Crippen LogP contribution in [0.3, 0.4) is 0 Å². The van der Waals surface area contributed by atoms with Crippen molar-refractivity contribution in [3.63, 3.8) is 0 Å². The fraction of sp³-hybridized carbons (Fsp3) is 0.632. The van der Waals surface area contributed by atoms with Crippen LogP contribution in [0.4, 0.5) is 0 Å². The Balaban J connectivity index is 1.79. The van der Waals surface area contributed by atoms with Gasteiger partial charge in [-0.15, -0.1) is 0 Å². The maximum absolute atomic E-state index is 12.9. The van der Waals surface area contributed by atoms with E-state index in [-0.39, 0.29) is 21.9 Å². The Bertz CT molecular complexity index is 800. The number of nitrogens with zero attached hydrogens (tertiary/aromatic N) is 1. The Morgan fingerprint density at radius 3 is 2.54 bits per heavy atom. The van der Waals surface area contributed by atoms with E-state index in [9.17, 15) is 13.2 Å². The first-order chi connectivity index (χ1) is 13.4. The van der Waals surface area contributed by atoms with E-state index in [1.807, 2.05) is 0 Å². The van der Waals surface area contributed by atoms with E-state index < -0.39 is 10.0 Å². The highest BCUT2D eigenvalue weighted by molar-refractivity contribution is 7.89. The van der Waals surface area contributed by atoms with Crippen molar-refractivity contribution in [1.29, 1.82) is 0 Å². The minimum absolute atomic E-state index is 0.0809. The maximum atomic E-state index is 12.9. The summed E-state index contributed by atoms with van der Waals surface area (Å²) in [6, 6.07) is 4.06. The summed E-state index contributed by atoms with van der Waals surface area (Å²) in [6.07, 6.45) is 5.54. The molecule has 1 amide bonds. The fourth-order valence-corrected chi connectivity index (χ4v) is 4.77. The molecular formula is C19H29N3O5S. The van der Waals surface area contributed by atoms with E-state index in [0.717, 1.165) is 38.8 Å². The lowest BCUT2D eigenvalue weighted by atomic mass is 9.79. The van der Waals surface area contributed by atoms with Gasteiger partial charge < -0.3 is 14.8 Å². The van der Waals surface area contributed by atoms with Crippen molar-refractivity contribution in [3.8, 4) is 5.75 Å². The third kappa shape index (κ3) is 4.65. The molecule has 28 heavy (non-hydrogen) atoms. The van der Waals surface area contributed by atoms with Crippen LogP contribution in [0.5, 0.6) is 5.75 Å². The molecule has 0 radical (unpaired) electrons. The number of carbonyl (C=O) groups excluding carboxylic acids is 1. The van der Waals surface area contributed by atoms with E-state index in [1.54, 1.807) is 0 Å². The minimum atomic E-state index is -3.91. The minimum Gasteiger partial charge on any atom is -0.496 e. The highest BCUT2D eigenvalue weighted by atomic mass is 32.2. The number of hydrogen-bond donors (Lipinski definition) is 2. The second kappa shape index (κ2) is 8.77. The van der Waals surface area contributed by atoms with Gasteiger partial charge in [0.15, 0.2) is 0 Å². The zero-order valence-corrected chi connectivity index (χ0v) is 17.1. The number of morpholine rings is 1. The first kappa shape index (κ1) is 21.0. The molecule has 0 bridgehead atoms. The van der Waals surface area contributed by atoms with Gasteiger partial charge in [0, 0.05) is 25.2 Å². The average molecular weight is 412 g/mol. The third-order valence-corrected chi connectivity index (χ3v) is 6.70. The van der Waals surface area contributed by atoms with Crippen molar-refractivity contribution < 1.29 is 22.7 Å². The number of primary sulfonamides is 1. The molecule has 2 aliphatic rings. The van der Waals surface area contributed by atoms with Gasteiger partial charge in [0.1, 0.15) is 5.75 Å². The van der Waals surface area contributed by atoms with Gasteiger partial charge >= 0.3 is 0 Å². The Labute approximate surface area is 166 Å². The Hall–Kier alpha value is -1.68. The summed E-state index contributed by atoms with van der Waals surface area (Å²) in [5.41, 5.74) is 0.0876. The molecule has 8 nitrogen and oxygen atoms in total. The normalized spacial score (nSPS) is 20.5. The lowest BCUT2D eigenvalue weighted by molar-refractivity contribution is -0.0361. The van der Waals surface area contributed by atoms with Crippen LogP contribution >= 0.6 is 0 Å². The summed E-state index contributed by atoms with van der Waals surface area (Å²) >= 11 is 0. The number of amides is 1. The number of rotatable bonds is 6.